The van der Waals surface area contributed by atoms with Gasteiger partial charge in [-0.3, -0.25) is 14.4 Å². The molecule has 30 heavy (non-hydrogen) atoms. The van der Waals surface area contributed by atoms with E-state index in [1.54, 1.807) is 29.8 Å². The standard InChI is InChI=1S/C20H24N4O5S/c1-4-7-30-20-23-19(27)17-12(9-16(26)22-18(17)24(20)2)11-5-6-13(14(8-11)28-3)29-10-15(21)25/h5-6,8,12H,4,7,9-10H2,1-3H3,(H2,21,25)(H,22,26)/t12-/m0/s1. The Balaban J connectivity index is 2.04. The quantitative estimate of drug-likeness (QED) is 0.480. The van der Waals surface area contributed by atoms with Gasteiger partial charge in [0.25, 0.3) is 11.5 Å². The molecule has 0 spiro atoms. The van der Waals surface area contributed by atoms with E-state index in [1.807, 2.05) is 6.92 Å². The van der Waals surface area contributed by atoms with E-state index in [0.29, 0.717) is 33.6 Å². The lowest BCUT2D eigenvalue weighted by atomic mass is 9.86. The largest absolute Gasteiger partial charge is 0.493 e. The molecule has 2 aromatic rings. The van der Waals surface area contributed by atoms with Gasteiger partial charge in [0.15, 0.2) is 23.3 Å². The Bertz CT molecular complexity index is 1040. The Kier molecular flexibility index (Phi) is 6.66. The summed E-state index contributed by atoms with van der Waals surface area (Å²) in [6, 6.07) is 5.07. The number of methoxy groups -OCH3 is 1. The van der Waals surface area contributed by atoms with Crippen LogP contribution in [0.3, 0.4) is 0 Å². The van der Waals surface area contributed by atoms with Gasteiger partial charge >= 0.3 is 0 Å². The molecule has 1 aliphatic heterocycles. The topological polar surface area (TPSA) is 126 Å². The number of amides is 2. The summed E-state index contributed by atoms with van der Waals surface area (Å²) in [4.78, 5) is 40.6. The monoisotopic (exact) mass is 432 g/mol. The number of hydrogen-bond donors (Lipinski definition) is 2. The van der Waals surface area contributed by atoms with Crippen LogP contribution in [0.4, 0.5) is 5.82 Å². The van der Waals surface area contributed by atoms with Crippen molar-refractivity contribution in [1.29, 1.82) is 0 Å². The van der Waals surface area contributed by atoms with Gasteiger partial charge in [0.05, 0.1) is 12.7 Å². The van der Waals surface area contributed by atoms with E-state index in [9.17, 15) is 14.4 Å². The first-order valence-electron chi connectivity index (χ1n) is 9.48. The number of ether oxygens (including phenoxy) is 2. The van der Waals surface area contributed by atoms with Crippen molar-refractivity contribution < 1.29 is 19.1 Å². The van der Waals surface area contributed by atoms with Gasteiger partial charge in [0.1, 0.15) is 5.82 Å². The second kappa shape index (κ2) is 9.21. The van der Waals surface area contributed by atoms with Crippen LogP contribution >= 0.6 is 11.8 Å². The maximum Gasteiger partial charge on any atom is 0.279 e. The van der Waals surface area contributed by atoms with Crippen molar-refractivity contribution in [1.82, 2.24) is 9.55 Å². The van der Waals surface area contributed by atoms with Crippen molar-refractivity contribution in [2.24, 2.45) is 12.8 Å². The fraction of sp³-hybridized carbons (Fsp3) is 0.400. The molecule has 2 heterocycles. The van der Waals surface area contributed by atoms with Crippen LogP contribution in [0.5, 0.6) is 11.5 Å². The van der Waals surface area contributed by atoms with Crippen LogP contribution in [-0.4, -0.2) is 40.8 Å². The number of carbonyl (C=O) groups excluding carboxylic acids is 2. The lowest BCUT2D eigenvalue weighted by Gasteiger charge is -2.28. The van der Waals surface area contributed by atoms with Crippen LogP contribution in [0, 0.1) is 0 Å². The minimum atomic E-state index is -0.606. The maximum atomic E-state index is 12.9. The number of benzene rings is 1. The number of thioether (sulfide) groups is 1. The average Bonchev–Trinajstić information content (AvgIpc) is 2.72. The minimum absolute atomic E-state index is 0.107. The van der Waals surface area contributed by atoms with E-state index in [1.165, 1.54) is 18.9 Å². The number of nitrogens with two attached hydrogens (primary N) is 1. The van der Waals surface area contributed by atoms with Crippen molar-refractivity contribution in [3.8, 4) is 11.5 Å². The van der Waals surface area contributed by atoms with Crippen molar-refractivity contribution in [3.63, 3.8) is 0 Å². The average molecular weight is 433 g/mol. The van der Waals surface area contributed by atoms with Crippen LogP contribution in [0.2, 0.25) is 0 Å². The zero-order valence-corrected chi connectivity index (χ0v) is 17.9. The van der Waals surface area contributed by atoms with Gasteiger partial charge in [-0.15, -0.1) is 0 Å². The summed E-state index contributed by atoms with van der Waals surface area (Å²) in [7, 11) is 3.25. The van der Waals surface area contributed by atoms with E-state index in [4.69, 9.17) is 15.2 Å². The highest BCUT2D eigenvalue weighted by Gasteiger charge is 2.32. The Morgan fingerprint density at radius 3 is 2.80 bits per heavy atom. The van der Waals surface area contributed by atoms with E-state index in [-0.39, 0.29) is 24.5 Å². The highest BCUT2D eigenvalue weighted by Crippen LogP contribution is 2.39. The van der Waals surface area contributed by atoms with Gasteiger partial charge in [0.2, 0.25) is 5.91 Å². The molecule has 0 saturated heterocycles. The molecule has 9 nitrogen and oxygen atoms in total. The zero-order chi connectivity index (χ0) is 21.8. The molecular formula is C20H24N4O5S. The van der Waals surface area contributed by atoms with Gasteiger partial charge in [0, 0.05) is 25.1 Å². The number of fused-ring (bicyclic) bond motifs is 1. The minimum Gasteiger partial charge on any atom is -0.493 e. The Morgan fingerprint density at radius 2 is 2.13 bits per heavy atom. The Morgan fingerprint density at radius 1 is 1.37 bits per heavy atom. The highest BCUT2D eigenvalue weighted by atomic mass is 32.2. The van der Waals surface area contributed by atoms with Crippen LogP contribution in [0.1, 0.15) is 36.8 Å². The molecule has 2 amide bonds. The number of aromatic nitrogens is 2. The number of primary amides is 1. The summed E-state index contributed by atoms with van der Waals surface area (Å²) in [6.07, 6.45) is 1.05. The number of hydrogen-bond acceptors (Lipinski definition) is 7. The zero-order valence-electron chi connectivity index (χ0n) is 17.1. The van der Waals surface area contributed by atoms with Gasteiger partial charge < -0.3 is 25.1 Å². The molecular weight excluding hydrogens is 408 g/mol. The molecule has 0 aliphatic carbocycles. The van der Waals surface area contributed by atoms with Crippen LogP contribution < -0.4 is 26.1 Å². The second-order valence-corrected chi connectivity index (χ2v) is 7.90. The summed E-state index contributed by atoms with van der Waals surface area (Å²) in [5, 5.41) is 3.39. The number of rotatable bonds is 8. The molecule has 0 radical (unpaired) electrons. The molecule has 3 rings (SSSR count). The second-order valence-electron chi connectivity index (χ2n) is 6.84. The van der Waals surface area contributed by atoms with Crippen molar-refractivity contribution >= 4 is 29.4 Å². The lowest BCUT2D eigenvalue weighted by molar-refractivity contribution is -0.120. The van der Waals surface area contributed by atoms with Crippen LogP contribution in [0.15, 0.2) is 28.2 Å². The fourth-order valence-electron chi connectivity index (χ4n) is 3.31. The molecule has 160 valence electrons. The van der Waals surface area contributed by atoms with Gasteiger partial charge in [-0.2, -0.15) is 4.98 Å². The molecule has 0 saturated carbocycles. The molecule has 3 N–H and O–H groups in total. The first-order valence-corrected chi connectivity index (χ1v) is 10.5. The van der Waals surface area contributed by atoms with E-state index >= 15 is 0 Å². The van der Waals surface area contributed by atoms with Crippen LogP contribution in [0.25, 0.3) is 0 Å². The number of nitrogens with zero attached hydrogens (tertiary/aromatic N) is 2. The summed E-state index contributed by atoms with van der Waals surface area (Å²) < 4.78 is 12.5. The summed E-state index contributed by atoms with van der Waals surface area (Å²) in [5.41, 5.74) is 5.91. The van der Waals surface area contributed by atoms with E-state index < -0.39 is 11.8 Å². The normalized spacial score (nSPS) is 15.3. The number of carbonyl (C=O) groups is 2. The molecule has 0 unspecified atom stereocenters. The first-order chi connectivity index (χ1) is 14.3. The first kappa shape index (κ1) is 21.7. The van der Waals surface area contributed by atoms with Gasteiger partial charge in [-0.25, -0.2) is 0 Å². The third kappa shape index (κ3) is 4.43. The Hall–Kier alpha value is -3.01. The summed E-state index contributed by atoms with van der Waals surface area (Å²) in [5.74, 6) is 0.727. The van der Waals surface area contributed by atoms with Crippen molar-refractivity contribution in [2.45, 2.75) is 30.8 Å². The number of anilines is 1. The summed E-state index contributed by atoms with van der Waals surface area (Å²) in [6.45, 7) is 1.76. The fourth-order valence-corrected chi connectivity index (χ4v) is 4.13. The smallest absolute Gasteiger partial charge is 0.279 e. The predicted octanol–water partition coefficient (Wildman–Crippen LogP) is 1.63. The SMILES string of the molecule is CCCSc1nc(=O)c2c(n1C)NC(=O)C[C@H]2c1ccc(OCC(N)=O)c(OC)c1. The molecule has 1 aliphatic rings. The molecule has 10 heteroatoms. The third-order valence-corrected chi connectivity index (χ3v) is 5.93. The Labute approximate surface area is 178 Å². The van der Waals surface area contributed by atoms with E-state index in [2.05, 4.69) is 10.3 Å². The molecule has 1 aromatic heterocycles. The highest BCUT2D eigenvalue weighted by molar-refractivity contribution is 7.99. The third-order valence-electron chi connectivity index (χ3n) is 4.70. The lowest BCUT2D eigenvalue weighted by Crippen LogP contribution is -2.33. The van der Waals surface area contributed by atoms with Crippen molar-refractivity contribution in [3.05, 3.63) is 39.7 Å². The van der Waals surface area contributed by atoms with E-state index in [0.717, 1.165) is 12.2 Å². The maximum absolute atomic E-state index is 12.9. The molecule has 0 bridgehead atoms. The predicted molar refractivity (Wildman–Crippen MR) is 113 cm³/mol. The molecule has 1 aromatic carbocycles. The van der Waals surface area contributed by atoms with Gasteiger partial charge in [-0.05, 0) is 24.1 Å². The molecule has 1 atom stereocenters. The van der Waals surface area contributed by atoms with Crippen LogP contribution in [-0.2, 0) is 16.6 Å². The molecule has 0 fully saturated rings. The van der Waals surface area contributed by atoms with Crippen molar-refractivity contribution in [2.75, 3.05) is 24.8 Å². The number of nitrogens with one attached hydrogen (secondary N) is 1. The summed E-state index contributed by atoms with van der Waals surface area (Å²) >= 11 is 1.47. The van der Waals surface area contributed by atoms with Gasteiger partial charge in [-0.1, -0.05) is 24.8 Å².